The van der Waals surface area contributed by atoms with Gasteiger partial charge < -0.3 is 20.6 Å². The standard InChI is InChI=1S/C6H8NO3P/c7-5-3-4(8)1-2-6(5)11(9)10/h1-3,8-10H,7H2. The van der Waals surface area contributed by atoms with Crippen LogP contribution in [0.15, 0.2) is 18.2 Å². The second-order valence-corrected chi connectivity index (χ2v) is 3.09. The minimum atomic E-state index is -2.16. The van der Waals surface area contributed by atoms with Crippen LogP contribution in [0, 0.1) is 0 Å². The highest BCUT2D eigenvalue weighted by atomic mass is 31.2. The lowest BCUT2D eigenvalue weighted by Crippen LogP contribution is -2.06. The summed E-state index contributed by atoms with van der Waals surface area (Å²) >= 11 is 0. The molecule has 0 bridgehead atoms. The monoisotopic (exact) mass is 173 g/mol. The number of hydrogen-bond acceptors (Lipinski definition) is 4. The van der Waals surface area contributed by atoms with E-state index in [2.05, 4.69) is 0 Å². The molecular weight excluding hydrogens is 165 g/mol. The highest BCUT2D eigenvalue weighted by molar-refractivity contribution is 7.54. The summed E-state index contributed by atoms with van der Waals surface area (Å²) in [4.78, 5) is 17.5. The average molecular weight is 173 g/mol. The van der Waals surface area contributed by atoms with E-state index < -0.39 is 8.38 Å². The van der Waals surface area contributed by atoms with Gasteiger partial charge in [-0.25, -0.2) is 0 Å². The third kappa shape index (κ3) is 1.80. The van der Waals surface area contributed by atoms with E-state index in [9.17, 15) is 0 Å². The molecule has 1 aromatic carbocycles. The molecule has 0 atom stereocenters. The largest absolute Gasteiger partial charge is 0.508 e. The predicted octanol–water partition coefficient (Wildman–Crippen LogP) is -0.104. The van der Waals surface area contributed by atoms with Gasteiger partial charge in [-0.1, -0.05) is 0 Å². The zero-order chi connectivity index (χ0) is 8.43. The summed E-state index contributed by atoms with van der Waals surface area (Å²) in [5.41, 5.74) is 5.55. The molecule has 0 amide bonds. The average Bonchev–Trinajstić information content (AvgIpc) is 1.85. The van der Waals surface area contributed by atoms with Crippen LogP contribution in [0.25, 0.3) is 0 Å². The predicted molar refractivity (Wildman–Crippen MR) is 43.5 cm³/mol. The van der Waals surface area contributed by atoms with E-state index >= 15 is 0 Å². The fourth-order valence-corrected chi connectivity index (χ4v) is 1.23. The van der Waals surface area contributed by atoms with E-state index in [0.29, 0.717) is 0 Å². The van der Waals surface area contributed by atoms with Crippen LogP contribution in [0.5, 0.6) is 5.75 Å². The second kappa shape index (κ2) is 3.05. The van der Waals surface area contributed by atoms with Crippen molar-refractivity contribution in [1.82, 2.24) is 0 Å². The van der Waals surface area contributed by atoms with E-state index in [1.165, 1.54) is 18.2 Å². The van der Waals surface area contributed by atoms with Crippen molar-refractivity contribution in [3.8, 4) is 5.75 Å². The lowest BCUT2D eigenvalue weighted by molar-refractivity contribution is 0.475. The van der Waals surface area contributed by atoms with Gasteiger partial charge in [0.1, 0.15) is 5.75 Å². The van der Waals surface area contributed by atoms with Crippen molar-refractivity contribution in [3.63, 3.8) is 0 Å². The quantitative estimate of drug-likeness (QED) is 0.352. The van der Waals surface area contributed by atoms with Crippen LogP contribution in [0.4, 0.5) is 5.69 Å². The molecule has 0 aromatic heterocycles. The molecule has 60 valence electrons. The molecule has 0 aliphatic heterocycles. The van der Waals surface area contributed by atoms with Crippen molar-refractivity contribution in [1.29, 1.82) is 0 Å². The summed E-state index contributed by atoms with van der Waals surface area (Å²) in [6.45, 7) is 0. The van der Waals surface area contributed by atoms with Crippen molar-refractivity contribution in [2.45, 2.75) is 0 Å². The Kier molecular flexibility index (Phi) is 2.29. The maximum Gasteiger partial charge on any atom is 0.201 e. The molecule has 0 aliphatic carbocycles. The molecule has 5 heteroatoms. The van der Waals surface area contributed by atoms with Gasteiger partial charge in [0.2, 0.25) is 8.38 Å². The molecule has 1 aromatic rings. The first-order valence-corrected chi connectivity index (χ1v) is 4.12. The Labute approximate surface area is 64.8 Å². The maximum atomic E-state index is 8.88. The molecule has 0 radical (unpaired) electrons. The first kappa shape index (κ1) is 8.27. The number of hydrogen-bond donors (Lipinski definition) is 4. The fraction of sp³-hybridized carbons (Fsp3) is 0. The number of aromatic hydroxyl groups is 1. The van der Waals surface area contributed by atoms with Gasteiger partial charge in [-0.15, -0.1) is 0 Å². The zero-order valence-corrected chi connectivity index (χ0v) is 6.49. The molecule has 0 spiro atoms. The topological polar surface area (TPSA) is 86.7 Å². The van der Waals surface area contributed by atoms with Crippen LogP contribution in [0.2, 0.25) is 0 Å². The van der Waals surface area contributed by atoms with Crippen LogP contribution >= 0.6 is 8.38 Å². The van der Waals surface area contributed by atoms with Crippen molar-refractivity contribution >= 4 is 19.4 Å². The highest BCUT2D eigenvalue weighted by Gasteiger charge is 2.07. The smallest absolute Gasteiger partial charge is 0.201 e. The van der Waals surface area contributed by atoms with Crippen molar-refractivity contribution in [2.24, 2.45) is 0 Å². The summed E-state index contributed by atoms with van der Waals surface area (Å²) in [5.74, 6) is 0.0168. The first-order valence-electron chi connectivity index (χ1n) is 2.87. The summed E-state index contributed by atoms with van der Waals surface area (Å²) < 4.78 is 0. The molecule has 0 fully saturated rings. The fourth-order valence-electron chi connectivity index (χ4n) is 0.724. The number of anilines is 1. The number of phenolic OH excluding ortho intramolecular Hbond substituents is 1. The van der Waals surface area contributed by atoms with Crippen LogP contribution in [0.1, 0.15) is 0 Å². The Morgan fingerprint density at radius 3 is 2.36 bits per heavy atom. The second-order valence-electron chi connectivity index (χ2n) is 2.03. The summed E-state index contributed by atoms with van der Waals surface area (Å²) in [7, 11) is -2.16. The summed E-state index contributed by atoms with van der Waals surface area (Å²) in [5, 5.41) is 9.15. The van der Waals surface area contributed by atoms with Gasteiger partial charge in [0, 0.05) is 11.8 Å². The summed E-state index contributed by atoms with van der Waals surface area (Å²) in [6, 6.07) is 4.01. The van der Waals surface area contributed by atoms with E-state index in [0.717, 1.165) is 0 Å². The molecular formula is C6H8NO3P. The number of phenols is 1. The lowest BCUT2D eigenvalue weighted by Gasteiger charge is -2.05. The molecule has 4 nitrogen and oxygen atoms in total. The molecule has 0 saturated carbocycles. The third-order valence-corrected chi connectivity index (χ3v) is 2.06. The Balaban J connectivity index is 3.09. The van der Waals surface area contributed by atoms with Gasteiger partial charge >= 0.3 is 0 Å². The molecule has 0 saturated heterocycles. The normalized spacial score (nSPS) is 10.5. The molecule has 1 rings (SSSR count). The van der Waals surface area contributed by atoms with E-state index in [1.54, 1.807) is 0 Å². The van der Waals surface area contributed by atoms with Gasteiger partial charge in [0.05, 0.1) is 5.30 Å². The number of rotatable bonds is 1. The van der Waals surface area contributed by atoms with Gasteiger partial charge in [-0.3, -0.25) is 0 Å². The first-order chi connectivity index (χ1) is 5.11. The van der Waals surface area contributed by atoms with Gasteiger partial charge in [-0.2, -0.15) is 0 Å². The Morgan fingerprint density at radius 2 is 1.91 bits per heavy atom. The number of benzene rings is 1. The number of nitrogen functional groups attached to an aromatic ring is 1. The van der Waals surface area contributed by atoms with Crippen LogP contribution in [-0.2, 0) is 0 Å². The molecule has 5 N–H and O–H groups in total. The third-order valence-electron chi connectivity index (χ3n) is 1.23. The molecule has 0 unspecified atom stereocenters. The Morgan fingerprint density at radius 1 is 1.27 bits per heavy atom. The van der Waals surface area contributed by atoms with Crippen LogP contribution < -0.4 is 11.0 Å². The van der Waals surface area contributed by atoms with Gasteiger partial charge in [0.15, 0.2) is 0 Å². The maximum absolute atomic E-state index is 8.88. The van der Waals surface area contributed by atoms with E-state index in [-0.39, 0.29) is 16.7 Å². The molecule has 0 aliphatic rings. The van der Waals surface area contributed by atoms with Crippen molar-refractivity contribution in [2.75, 3.05) is 5.73 Å². The van der Waals surface area contributed by atoms with Gasteiger partial charge in [-0.05, 0) is 12.1 Å². The molecule has 0 heterocycles. The summed E-state index contributed by atoms with van der Waals surface area (Å²) in [6.07, 6.45) is 0. The molecule has 11 heavy (non-hydrogen) atoms. The highest BCUT2D eigenvalue weighted by Crippen LogP contribution is 2.27. The van der Waals surface area contributed by atoms with Crippen molar-refractivity contribution in [3.05, 3.63) is 18.2 Å². The number of nitrogens with two attached hydrogens (primary N) is 1. The minimum Gasteiger partial charge on any atom is -0.508 e. The lowest BCUT2D eigenvalue weighted by atomic mass is 10.3. The Bertz CT molecular complexity index is 264. The van der Waals surface area contributed by atoms with E-state index in [4.69, 9.17) is 20.6 Å². The SMILES string of the molecule is Nc1cc(O)ccc1P(O)O. The van der Waals surface area contributed by atoms with Crippen LogP contribution in [0.3, 0.4) is 0 Å². The van der Waals surface area contributed by atoms with E-state index in [1.807, 2.05) is 0 Å². The van der Waals surface area contributed by atoms with Crippen molar-refractivity contribution < 1.29 is 14.9 Å². The van der Waals surface area contributed by atoms with Gasteiger partial charge in [0.25, 0.3) is 0 Å². The minimum absolute atomic E-state index is 0.0168. The van der Waals surface area contributed by atoms with Crippen LogP contribution in [-0.4, -0.2) is 14.9 Å². The zero-order valence-electron chi connectivity index (χ0n) is 5.60. The Hall–Kier alpha value is -0.830.